The van der Waals surface area contributed by atoms with Gasteiger partial charge in [0.1, 0.15) is 0 Å². The minimum Gasteiger partial charge on any atom is -0.383 e. The molecule has 0 aliphatic rings. The van der Waals surface area contributed by atoms with Crippen LogP contribution in [0.1, 0.15) is 6.92 Å². The molecule has 0 saturated heterocycles. The summed E-state index contributed by atoms with van der Waals surface area (Å²) in [7, 11) is 0. The molecule has 2 aromatic rings. The zero-order chi connectivity index (χ0) is 12.6. The van der Waals surface area contributed by atoms with Gasteiger partial charge in [-0.2, -0.15) is 0 Å². The summed E-state index contributed by atoms with van der Waals surface area (Å²) < 4.78 is 0. The van der Waals surface area contributed by atoms with Crippen molar-refractivity contribution in [3.8, 4) is 11.3 Å². The van der Waals surface area contributed by atoms with Crippen molar-refractivity contribution in [2.24, 2.45) is 0 Å². The monoisotopic (exact) mass is 241 g/mol. The highest BCUT2D eigenvalue weighted by Gasteiger charge is 2.03. The van der Waals surface area contributed by atoms with Gasteiger partial charge in [0.2, 0.25) is 0 Å². The van der Waals surface area contributed by atoms with Gasteiger partial charge in [0.05, 0.1) is 5.69 Å². The second kappa shape index (κ2) is 6.77. The van der Waals surface area contributed by atoms with Gasteiger partial charge >= 0.3 is 0 Å². The Labute approximate surface area is 108 Å². The minimum atomic E-state index is 0.914. The van der Waals surface area contributed by atoms with Gasteiger partial charge in [-0.3, -0.25) is 4.98 Å². The number of hydrogen-bond donors (Lipinski definition) is 2. The highest BCUT2D eigenvalue weighted by Crippen LogP contribution is 2.25. The molecule has 0 saturated carbocycles. The van der Waals surface area contributed by atoms with Crippen LogP contribution >= 0.6 is 0 Å². The van der Waals surface area contributed by atoms with E-state index in [1.807, 2.05) is 36.5 Å². The van der Waals surface area contributed by atoms with Gasteiger partial charge in [0, 0.05) is 30.5 Å². The Morgan fingerprint density at radius 1 is 1.00 bits per heavy atom. The molecular formula is C15H19N3. The number of nitrogens with zero attached hydrogens (tertiary/aromatic N) is 1. The lowest BCUT2D eigenvalue weighted by atomic mass is 10.1. The van der Waals surface area contributed by atoms with Crippen LogP contribution in [0.3, 0.4) is 0 Å². The van der Waals surface area contributed by atoms with Crippen LogP contribution < -0.4 is 10.6 Å². The summed E-state index contributed by atoms with van der Waals surface area (Å²) in [6.45, 7) is 5.00. The molecule has 0 aliphatic carbocycles. The van der Waals surface area contributed by atoms with E-state index in [9.17, 15) is 0 Å². The van der Waals surface area contributed by atoms with Gasteiger partial charge < -0.3 is 10.6 Å². The predicted octanol–water partition coefficient (Wildman–Crippen LogP) is 2.77. The van der Waals surface area contributed by atoms with E-state index >= 15 is 0 Å². The molecule has 0 aliphatic heterocycles. The average Bonchev–Trinajstić information content (AvgIpc) is 2.45. The minimum absolute atomic E-state index is 0.914. The number of benzene rings is 1. The molecule has 94 valence electrons. The number of rotatable bonds is 6. The molecule has 0 amide bonds. The normalized spacial score (nSPS) is 10.3. The van der Waals surface area contributed by atoms with Gasteiger partial charge in [-0.1, -0.05) is 31.2 Å². The van der Waals surface area contributed by atoms with E-state index in [1.54, 1.807) is 0 Å². The Bertz CT molecular complexity index is 468. The molecule has 0 bridgehead atoms. The summed E-state index contributed by atoms with van der Waals surface area (Å²) >= 11 is 0. The third-order valence-corrected chi connectivity index (χ3v) is 2.74. The quantitative estimate of drug-likeness (QED) is 0.764. The Hall–Kier alpha value is -1.87. The molecule has 1 heterocycles. The second-order valence-corrected chi connectivity index (χ2v) is 4.04. The van der Waals surface area contributed by atoms with Crippen molar-refractivity contribution in [2.45, 2.75) is 6.92 Å². The molecule has 3 heteroatoms. The standard InChI is InChI=1S/C15H19N3/c1-2-16-11-12-18-15-8-4-3-7-13(15)14-9-5-6-10-17-14/h3-10,16,18H,2,11-12H2,1H3. The second-order valence-electron chi connectivity index (χ2n) is 4.04. The van der Waals surface area contributed by atoms with Gasteiger partial charge in [0.25, 0.3) is 0 Å². The summed E-state index contributed by atoms with van der Waals surface area (Å²) in [5.41, 5.74) is 3.28. The topological polar surface area (TPSA) is 37.0 Å². The maximum absolute atomic E-state index is 4.40. The molecule has 0 atom stereocenters. The van der Waals surface area contributed by atoms with E-state index in [0.717, 1.165) is 36.6 Å². The molecule has 1 aromatic heterocycles. The fourth-order valence-electron chi connectivity index (χ4n) is 1.85. The lowest BCUT2D eigenvalue weighted by Gasteiger charge is -2.11. The fraction of sp³-hybridized carbons (Fsp3) is 0.267. The Morgan fingerprint density at radius 3 is 2.61 bits per heavy atom. The fourth-order valence-corrected chi connectivity index (χ4v) is 1.85. The van der Waals surface area contributed by atoms with Gasteiger partial charge in [0.15, 0.2) is 0 Å². The SMILES string of the molecule is CCNCCNc1ccccc1-c1ccccn1. The smallest absolute Gasteiger partial charge is 0.0722 e. The third kappa shape index (κ3) is 3.31. The molecule has 3 nitrogen and oxygen atoms in total. The van der Waals surface area contributed by atoms with Crippen molar-refractivity contribution in [1.82, 2.24) is 10.3 Å². The van der Waals surface area contributed by atoms with E-state index in [4.69, 9.17) is 0 Å². The zero-order valence-corrected chi connectivity index (χ0v) is 10.7. The van der Waals surface area contributed by atoms with E-state index in [-0.39, 0.29) is 0 Å². The van der Waals surface area contributed by atoms with Crippen LogP contribution in [0.15, 0.2) is 48.7 Å². The summed E-state index contributed by atoms with van der Waals surface area (Å²) in [4.78, 5) is 4.40. The molecule has 2 rings (SSSR count). The first kappa shape index (κ1) is 12.6. The van der Waals surface area contributed by atoms with Crippen molar-refractivity contribution in [3.05, 3.63) is 48.7 Å². The van der Waals surface area contributed by atoms with E-state index in [2.05, 4.69) is 34.7 Å². The van der Waals surface area contributed by atoms with Crippen molar-refractivity contribution in [3.63, 3.8) is 0 Å². The van der Waals surface area contributed by atoms with Crippen LogP contribution in [0.5, 0.6) is 0 Å². The summed E-state index contributed by atoms with van der Waals surface area (Å²) in [5, 5.41) is 6.74. The summed E-state index contributed by atoms with van der Waals surface area (Å²) in [6.07, 6.45) is 1.82. The molecule has 18 heavy (non-hydrogen) atoms. The Morgan fingerprint density at radius 2 is 1.83 bits per heavy atom. The van der Waals surface area contributed by atoms with Crippen molar-refractivity contribution in [2.75, 3.05) is 25.0 Å². The molecular weight excluding hydrogens is 222 g/mol. The van der Waals surface area contributed by atoms with Crippen LogP contribution in [0.25, 0.3) is 11.3 Å². The van der Waals surface area contributed by atoms with Crippen molar-refractivity contribution >= 4 is 5.69 Å². The van der Waals surface area contributed by atoms with E-state index in [0.29, 0.717) is 0 Å². The number of para-hydroxylation sites is 1. The largest absolute Gasteiger partial charge is 0.383 e. The molecule has 0 spiro atoms. The number of anilines is 1. The van der Waals surface area contributed by atoms with Crippen LogP contribution in [-0.4, -0.2) is 24.6 Å². The zero-order valence-electron chi connectivity index (χ0n) is 10.7. The number of hydrogen-bond acceptors (Lipinski definition) is 3. The first-order valence-electron chi connectivity index (χ1n) is 6.37. The van der Waals surface area contributed by atoms with Gasteiger partial charge in [-0.15, -0.1) is 0 Å². The maximum Gasteiger partial charge on any atom is 0.0722 e. The first-order valence-corrected chi connectivity index (χ1v) is 6.37. The summed E-state index contributed by atoms with van der Waals surface area (Å²) in [5.74, 6) is 0. The molecule has 0 radical (unpaired) electrons. The van der Waals surface area contributed by atoms with Gasteiger partial charge in [-0.05, 0) is 24.7 Å². The molecule has 1 aromatic carbocycles. The van der Waals surface area contributed by atoms with E-state index in [1.165, 1.54) is 0 Å². The highest BCUT2D eigenvalue weighted by atomic mass is 14.9. The van der Waals surface area contributed by atoms with Crippen LogP contribution in [0, 0.1) is 0 Å². The highest BCUT2D eigenvalue weighted by molar-refractivity contribution is 5.75. The number of aromatic nitrogens is 1. The Balaban J connectivity index is 2.11. The molecule has 0 unspecified atom stereocenters. The number of nitrogens with one attached hydrogen (secondary N) is 2. The molecule has 2 N–H and O–H groups in total. The van der Waals surface area contributed by atoms with Crippen molar-refractivity contribution < 1.29 is 0 Å². The number of likely N-dealkylation sites (N-methyl/N-ethyl adjacent to an activating group) is 1. The maximum atomic E-state index is 4.40. The molecule has 0 fully saturated rings. The predicted molar refractivity (Wildman–Crippen MR) is 76.7 cm³/mol. The third-order valence-electron chi connectivity index (χ3n) is 2.74. The lowest BCUT2D eigenvalue weighted by Crippen LogP contribution is -2.21. The lowest BCUT2D eigenvalue weighted by molar-refractivity contribution is 0.739. The Kier molecular flexibility index (Phi) is 4.73. The van der Waals surface area contributed by atoms with E-state index < -0.39 is 0 Å². The van der Waals surface area contributed by atoms with Crippen LogP contribution in [-0.2, 0) is 0 Å². The van der Waals surface area contributed by atoms with Crippen LogP contribution in [0.2, 0.25) is 0 Å². The van der Waals surface area contributed by atoms with Crippen LogP contribution in [0.4, 0.5) is 5.69 Å². The summed E-state index contributed by atoms with van der Waals surface area (Å²) in [6, 6.07) is 14.3. The van der Waals surface area contributed by atoms with Gasteiger partial charge in [-0.25, -0.2) is 0 Å². The average molecular weight is 241 g/mol. The van der Waals surface area contributed by atoms with Crippen molar-refractivity contribution in [1.29, 1.82) is 0 Å². The first-order chi connectivity index (χ1) is 8.92. The number of pyridine rings is 1.